The molecule has 1 saturated heterocycles. The molecule has 1 aromatic heterocycles. The number of piperazine rings is 1. The third-order valence-electron chi connectivity index (χ3n) is 5.00. The van der Waals surface area contributed by atoms with Crippen molar-refractivity contribution in [2.75, 3.05) is 52.4 Å². The fourth-order valence-electron chi connectivity index (χ4n) is 3.23. The Balaban J connectivity index is 1.99. The van der Waals surface area contributed by atoms with Crippen LogP contribution < -0.4 is 0 Å². The predicted molar refractivity (Wildman–Crippen MR) is 101 cm³/mol. The number of carbonyl (C=O) groups is 1. The lowest BCUT2D eigenvalue weighted by Crippen LogP contribution is -2.48. The summed E-state index contributed by atoms with van der Waals surface area (Å²) in [5, 5.41) is 8.31. The van der Waals surface area contributed by atoms with Gasteiger partial charge in [-0.15, -0.1) is 0 Å². The van der Waals surface area contributed by atoms with Crippen LogP contribution in [0.5, 0.6) is 0 Å². The van der Waals surface area contributed by atoms with Crippen molar-refractivity contribution in [1.29, 1.82) is 0 Å². The van der Waals surface area contributed by atoms with E-state index in [2.05, 4.69) is 33.8 Å². The Morgan fingerprint density at radius 3 is 2.36 bits per heavy atom. The maximum absolute atomic E-state index is 13.0. The minimum absolute atomic E-state index is 0.0937. The predicted octanol–water partition coefficient (Wildman–Crippen LogP) is 1.84. The van der Waals surface area contributed by atoms with E-state index in [9.17, 15) is 4.79 Å². The van der Waals surface area contributed by atoms with E-state index in [4.69, 9.17) is 0 Å². The van der Waals surface area contributed by atoms with Crippen LogP contribution in [0.2, 0.25) is 0 Å². The van der Waals surface area contributed by atoms with Gasteiger partial charge in [0, 0.05) is 45.8 Å². The Kier molecular flexibility index (Phi) is 7.78. The zero-order chi connectivity index (χ0) is 18.2. The number of carbonyl (C=O) groups excluding carboxylic acids is 1. The summed E-state index contributed by atoms with van der Waals surface area (Å²) in [6.45, 7) is 16.3. The van der Waals surface area contributed by atoms with Gasteiger partial charge >= 0.3 is 0 Å². The molecular weight excluding hydrogens is 314 g/mol. The maximum Gasteiger partial charge on any atom is 0.255 e. The standard InChI is InChI=1S/C19H33N5O/c1-5-8-24(14-13-23-11-9-22(7-3)10-12-23)19(25)18-15-17(6-2)21-20-16(18)4/h15H,5-14H2,1-4H3. The summed E-state index contributed by atoms with van der Waals surface area (Å²) >= 11 is 0. The average molecular weight is 348 g/mol. The Morgan fingerprint density at radius 1 is 1.08 bits per heavy atom. The molecule has 0 N–H and O–H groups in total. The lowest BCUT2D eigenvalue weighted by molar-refractivity contribution is 0.0707. The highest BCUT2D eigenvalue weighted by atomic mass is 16.2. The molecule has 1 fully saturated rings. The van der Waals surface area contributed by atoms with Crippen molar-refractivity contribution in [1.82, 2.24) is 24.9 Å². The van der Waals surface area contributed by atoms with Crippen LogP contribution in [0.15, 0.2) is 6.07 Å². The van der Waals surface area contributed by atoms with Crippen molar-refractivity contribution in [3.63, 3.8) is 0 Å². The highest BCUT2D eigenvalue weighted by Crippen LogP contribution is 2.11. The second-order valence-electron chi connectivity index (χ2n) is 6.76. The Morgan fingerprint density at radius 2 is 1.76 bits per heavy atom. The topological polar surface area (TPSA) is 52.6 Å². The van der Waals surface area contributed by atoms with Crippen LogP contribution in [0.3, 0.4) is 0 Å². The molecule has 0 bridgehead atoms. The summed E-state index contributed by atoms with van der Waals surface area (Å²) in [5.74, 6) is 0.0937. The summed E-state index contributed by atoms with van der Waals surface area (Å²) in [6, 6.07) is 1.91. The Hall–Kier alpha value is -1.53. The first-order chi connectivity index (χ1) is 12.1. The second-order valence-corrected chi connectivity index (χ2v) is 6.76. The van der Waals surface area contributed by atoms with E-state index in [0.717, 1.165) is 76.6 Å². The lowest BCUT2D eigenvalue weighted by atomic mass is 10.1. The number of aryl methyl sites for hydroxylation is 2. The van der Waals surface area contributed by atoms with Crippen molar-refractivity contribution in [3.05, 3.63) is 23.0 Å². The van der Waals surface area contributed by atoms with Crippen LogP contribution in [0.25, 0.3) is 0 Å². The Labute approximate surface area is 152 Å². The van der Waals surface area contributed by atoms with Crippen molar-refractivity contribution in [2.45, 2.75) is 40.5 Å². The van der Waals surface area contributed by atoms with E-state index in [1.165, 1.54) is 0 Å². The fraction of sp³-hybridized carbons (Fsp3) is 0.737. The minimum atomic E-state index is 0.0937. The van der Waals surface area contributed by atoms with Gasteiger partial charge in [-0.05, 0) is 32.4 Å². The van der Waals surface area contributed by atoms with Gasteiger partial charge in [-0.2, -0.15) is 10.2 Å². The minimum Gasteiger partial charge on any atom is -0.337 e. The van der Waals surface area contributed by atoms with Crippen LogP contribution >= 0.6 is 0 Å². The molecule has 1 aliphatic heterocycles. The van der Waals surface area contributed by atoms with Crippen molar-refractivity contribution < 1.29 is 4.79 Å². The van der Waals surface area contributed by atoms with Crippen LogP contribution in [-0.2, 0) is 6.42 Å². The number of nitrogens with zero attached hydrogens (tertiary/aromatic N) is 5. The summed E-state index contributed by atoms with van der Waals surface area (Å²) in [7, 11) is 0. The molecular formula is C19H33N5O. The van der Waals surface area contributed by atoms with Gasteiger partial charge in [0.25, 0.3) is 5.91 Å². The number of rotatable bonds is 8. The number of hydrogen-bond donors (Lipinski definition) is 0. The molecule has 140 valence electrons. The molecule has 0 spiro atoms. The largest absolute Gasteiger partial charge is 0.337 e. The van der Waals surface area contributed by atoms with E-state index in [0.29, 0.717) is 5.56 Å². The summed E-state index contributed by atoms with van der Waals surface area (Å²) in [4.78, 5) is 20.0. The van der Waals surface area contributed by atoms with Crippen LogP contribution in [0, 0.1) is 6.92 Å². The summed E-state index contributed by atoms with van der Waals surface area (Å²) in [5.41, 5.74) is 2.30. The Bertz CT molecular complexity index is 555. The molecule has 0 unspecified atom stereocenters. The smallest absolute Gasteiger partial charge is 0.255 e. The monoisotopic (exact) mass is 347 g/mol. The first-order valence-electron chi connectivity index (χ1n) is 9.66. The number of likely N-dealkylation sites (N-methyl/N-ethyl adjacent to an activating group) is 1. The van der Waals surface area contributed by atoms with E-state index >= 15 is 0 Å². The zero-order valence-electron chi connectivity index (χ0n) is 16.3. The van der Waals surface area contributed by atoms with Crippen LogP contribution in [0.4, 0.5) is 0 Å². The SMILES string of the molecule is CCCN(CCN1CCN(CC)CC1)C(=O)c1cc(CC)nnc1C. The molecule has 2 rings (SSSR count). The molecule has 0 radical (unpaired) electrons. The van der Waals surface area contributed by atoms with Gasteiger partial charge in [0.2, 0.25) is 0 Å². The van der Waals surface area contributed by atoms with Gasteiger partial charge in [0.15, 0.2) is 0 Å². The first kappa shape index (κ1) is 19.8. The second kappa shape index (κ2) is 9.82. The average Bonchev–Trinajstić information content (AvgIpc) is 2.65. The molecule has 6 nitrogen and oxygen atoms in total. The van der Waals surface area contributed by atoms with Gasteiger partial charge < -0.3 is 9.80 Å². The third-order valence-corrected chi connectivity index (χ3v) is 5.00. The highest BCUT2D eigenvalue weighted by molar-refractivity contribution is 5.95. The molecule has 6 heteroatoms. The van der Waals surface area contributed by atoms with E-state index < -0.39 is 0 Å². The summed E-state index contributed by atoms with van der Waals surface area (Å²) in [6.07, 6.45) is 1.76. The van der Waals surface area contributed by atoms with Gasteiger partial charge in [0.05, 0.1) is 17.0 Å². The molecule has 1 aromatic rings. The molecule has 0 saturated carbocycles. The van der Waals surface area contributed by atoms with E-state index in [-0.39, 0.29) is 5.91 Å². The quantitative estimate of drug-likeness (QED) is 0.718. The van der Waals surface area contributed by atoms with Crippen LogP contribution in [0.1, 0.15) is 48.9 Å². The molecule has 1 aliphatic rings. The van der Waals surface area contributed by atoms with Crippen molar-refractivity contribution in [3.8, 4) is 0 Å². The highest BCUT2D eigenvalue weighted by Gasteiger charge is 2.21. The fourth-order valence-corrected chi connectivity index (χ4v) is 3.23. The van der Waals surface area contributed by atoms with Gasteiger partial charge in [-0.3, -0.25) is 9.69 Å². The van der Waals surface area contributed by atoms with Crippen LogP contribution in [-0.4, -0.2) is 83.2 Å². The molecule has 0 aliphatic carbocycles. The van der Waals surface area contributed by atoms with E-state index in [1.807, 2.05) is 24.8 Å². The molecule has 0 aromatic carbocycles. The number of amides is 1. The van der Waals surface area contributed by atoms with Gasteiger partial charge in [0.1, 0.15) is 0 Å². The molecule has 25 heavy (non-hydrogen) atoms. The lowest BCUT2D eigenvalue weighted by Gasteiger charge is -2.35. The van der Waals surface area contributed by atoms with Gasteiger partial charge in [-0.1, -0.05) is 20.8 Å². The third kappa shape index (κ3) is 5.47. The van der Waals surface area contributed by atoms with Crippen molar-refractivity contribution >= 4 is 5.91 Å². The molecule has 0 atom stereocenters. The first-order valence-corrected chi connectivity index (χ1v) is 9.66. The van der Waals surface area contributed by atoms with E-state index in [1.54, 1.807) is 0 Å². The summed E-state index contributed by atoms with van der Waals surface area (Å²) < 4.78 is 0. The maximum atomic E-state index is 13.0. The number of hydrogen-bond acceptors (Lipinski definition) is 5. The van der Waals surface area contributed by atoms with Crippen molar-refractivity contribution in [2.24, 2.45) is 0 Å². The molecule has 1 amide bonds. The number of aromatic nitrogens is 2. The zero-order valence-corrected chi connectivity index (χ0v) is 16.3. The van der Waals surface area contributed by atoms with Gasteiger partial charge in [-0.25, -0.2) is 0 Å². The normalized spacial score (nSPS) is 16.2. The molecule has 2 heterocycles.